The number of furan rings is 1. The van der Waals surface area contributed by atoms with Crippen molar-refractivity contribution in [3.63, 3.8) is 0 Å². The van der Waals surface area contributed by atoms with E-state index in [4.69, 9.17) is 4.42 Å². The number of rotatable bonds is 3. The van der Waals surface area contributed by atoms with Crippen LogP contribution in [-0.4, -0.2) is 21.8 Å². The van der Waals surface area contributed by atoms with Gasteiger partial charge >= 0.3 is 12.1 Å². The van der Waals surface area contributed by atoms with Crippen molar-refractivity contribution in [1.82, 2.24) is 4.57 Å². The number of hydrogen-bond donors (Lipinski definition) is 1. The van der Waals surface area contributed by atoms with E-state index in [2.05, 4.69) is 0 Å². The SMILES string of the molecule is O=C(O)c1occc1-n1c(-c2ccccc2)cc2c1CCC(C(F)(F)F)C2. The van der Waals surface area contributed by atoms with Crippen LogP contribution in [0.5, 0.6) is 0 Å². The second-order valence-corrected chi connectivity index (χ2v) is 6.62. The lowest BCUT2D eigenvalue weighted by Gasteiger charge is -2.25. The van der Waals surface area contributed by atoms with Crippen LogP contribution < -0.4 is 0 Å². The maximum absolute atomic E-state index is 13.2. The van der Waals surface area contributed by atoms with Crippen molar-refractivity contribution in [2.24, 2.45) is 5.92 Å². The van der Waals surface area contributed by atoms with Gasteiger partial charge in [-0.25, -0.2) is 4.79 Å². The summed E-state index contributed by atoms with van der Waals surface area (Å²) in [6, 6.07) is 12.5. The Kier molecular flexibility index (Phi) is 4.09. The van der Waals surface area contributed by atoms with Gasteiger partial charge < -0.3 is 14.1 Å². The van der Waals surface area contributed by atoms with Crippen LogP contribution in [0.25, 0.3) is 16.9 Å². The normalized spacial score (nSPS) is 16.9. The number of fused-ring (bicyclic) bond motifs is 1. The predicted molar refractivity (Wildman–Crippen MR) is 92.0 cm³/mol. The van der Waals surface area contributed by atoms with E-state index in [1.807, 2.05) is 30.3 Å². The van der Waals surface area contributed by atoms with E-state index >= 15 is 0 Å². The monoisotopic (exact) mass is 375 g/mol. The van der Waals surface area contributed by atoms with Gasteiger partial charge in [0.05, 0.1) is 23.6 Å². The zero-order valence-electron chi connectivity index (χ0n) is 14.2. The molecule has 1 atom stereocenters. The van der Waals surface area contributed by atoms with Gasteiger partial charge in [0.15, 0.2) is 0 Å². The number of aromatic carboxylic acids is 1. The van der Waals surface area contributed by atoms with Gasteiger partial charge in [-0.1, -0.05) is 30.3 Å². The third-order valence-electron chi connectivity index (χ3n) is 5.00. The molecule has 2 heterocycles. The van der Waals surface area contributed by atoms with Crippen LogP contribution in [0.1, 0.15) is 28.2 Å². The lowest BCUT2D eigenvalue weighted by atomic mass is 9.87. The molecule has 0 saturated heterocycles. The molecule has 140 valence electrons. The molecule has 1 aliphatic rings. The van der Waals surface area contributed by atoms with Crippen LogP contribution >= 0.6 is 0 Å². The van der Waals surface area contributed by atoms with Gasteiger partial charge in [0, 0.05) is 11.8 Å². The lowest BCUT2D eigenvalue weighted by Crippen LogP contribution is -2.29. The number of aromatic nitrogens is 1. The molecule has 1 unspecified atom stereocenters. The summed E-state index contributed by atoms with van der Waals surface area (Å²) in [5.74, 6) is -2.84. The number of nitrogens with zero attached hydrogens (tertiary/aromatic N) is 1. The van der Waals surface area contributed by atoms with Crippen LogP contribution in [0.2, 0.25) is 0 Å². The Morgan fingerprint density at radius 1 is 1.19 bits per heavy atom. The van der Waals surface area contributed by atoms with Crippen LogP contribution in [0.15, 0.2) is 53.1 Å². The van der Waals surface area contributed by atoms with Crippen molar-refractivity contribution in [2.45, 2.75) is 25.4 Å². The lowest BCUT2D eigenvalue weighted by molar-refractivity contribution is -0.177. The van der Waals surface area contributed by atoms with E-state index in [0.717, 1.165) is 5.56 Å². The third-order valence-corrected chi connectivity index (χ3v) is 5.00. The molecule has 0 spiro atoms. The summed E-state index contributed by atoms with van der Waals surface area (Å²) in [4.78, 5) is 11.5. The zero-order valence-corrected chi connectivity index (χ0v) is 14.2. The maximum atomic E-state index is 13.2. The topological polar surface area (TPSA) is 55.4 Å². The second kappa shape index (κ2) is 6.33. The first kappa shape index (κ1) is 17.5. The molecule has 0 amide bonds. The Morgan fingerprint density at radius 2 is 1.93 bits per heavy atom. The van der Waals surface area contributed by atoms with Gasteiger partial charge in [0.2, 0.25) is 5.76 Å². The zero-order chi connectivity index (χ0) is 19.2. The van der Waals surface area contributed by atoms with Gasteiger partial charge in [0.25, 0.3) is 0 Å². The summed E-state index contributed by atoms with van der Waals surface area (Å²) in [7, 11) is 0. The minimum Gasteiger partial charge on any atom is -0.475 e. The molecule has 4 rings (SSSR count). The van der Waals surface area contributed by atoms with Gasteiger partial charge in [0.1, 0.15) is 0 Å². The first-order valence-electron chi connectivity index (χ1n) is 8.53. The van der Waals surface area contributed by atoms with Crippen molar-refractivity contribution < 1.29 is 27.5 Å². The van der Waals surface area contributed by atoms with E-state index in [1.54, 1.807) is 10.6 Å². The van der Waals surface area contributed by atoms with Crippen LogP contribution in [0, 0.1) is 5.92 Å². The molecule has 1 aliphatic carbocycles. The molecule has 4 nitrogen and oxygen atoms in total. The molecule has 7 heteroatoms. The molecule has 1 aromatic carbocycles. The summed E-state index contributed by atoms with van der Waals surface area (Å²) >= 11 is 0. The Labute approximate surface area is 152 Å². The standard InChI is InChI=1S/C20H16F3NO3/c21-20(22,23)14-6-7-15-13(10-14)11-17(12-4-2-1-3-5-12)24(15)16-8-9-27-18(16)19(25)26/h1-5,8-9,11,14H,6-7,10H2,(H,25,26). The number of carbonyl (C=O) groups is 1. The summed E-state index contributed by atoms with van der Waals surface area (Å²) in [5, 5.41) is 9.41. The highest BCUT2D eigenvalue weighted by molar-refractivity contribution is 5.89. The third kappa shape index (κ3) is 3.03. The Morgan fingerprint density at radius 3 is 2.59 bits per heavy atom. The number of halogens is 3. The first-order valence-corrected chi connectivity index (χ1v) is 8.53. The fraction of sp³-hybridized carbons (Fsp3) is 0.250. The average Bonchev–Trinajstić information content (AvgIpc) is 3.25. The summed E-state index contributed by atoms with van der Waals surface area (Å²) in [6.07, 6.45) is -2.87. The first-order chi connectivity index (χ1) is 12.9. The van der Waals surface area contributed by atoms with E-state index in [0.29, 0.717) is 22.6 Å². The predicted octanol–water partition coefficient (Wildman–Crippen LogP) is 5.10. The summed E-state index contributed by atoms with van der Waals surface area (Å²) < 4.78 is 46.5. The number of carboxylic acid groups (broad SMARTS) is 1. The fourth-order valence-corrected chi connectivity index (χ4v) is 3.74. The van der Waals surface area contributed by atoms with Crippen molar-refractivity contribution in [2.75, 3.05) is 0 Å². The number of hydrogen-bond acceptors (Lipinski definition) is 2. The molecule has 0 bridgehead atoms. The molecule has 1 N–H and O–H groups in total. The smallest absolute Gasteiger partial charge is 0.392 e. The van der Waals surface area contributed by atoms with Gasteiger partial charge in [-0.05, 0) is 36.5 Å². The van der Waals surface area contributed by atoms with Gasteiger partial charge in [-0.15, -0.1) is 0 Å². The molecule has 27 heavy (non-hydrogen) atoms. The largest absolute Gasteiger partial charge is 0.475 e. The van der Waals surface area contributed by atoms with Gasteiger partial charge in [-0.2, -0.15) is 13.2 Å². The van der Waals surface area contributed by atoms with E-state index in [-0.39, 0.29) is 25.0 Å². The molecule has 0 radical (unpaired) electrons. The quantitative estimate of drug-likeness (QED) is 0.693. The Hall–Kier alpha value is -2.96. The highest BCUT2D eigenvalue weighted by Crippen LogP contribution is 2.41. The summed E-state index contributed by atoms with van der Waals surface area (Å²) in [6.45, 7) is 0. The maximum Gasteiger partial charge on any atom is 0.392 e. The van der Waals surface area contributed by atoms with Crippen LogP contribution in [0.3, 0.4) is 0 Å². The van der Waals surface area contributed by atoms with E-state index < -0.39 is 18.1 Å². The van der Waals surface area contributed by atoms with Crippen LogP contribution in [0.4, 0.5) is 13.2 Å². The second-order valence-electron chi connectivity index (χ2n) is 6.62. The van der Waals surface area contributed by atoms with E-state index in [1.165, 1.54) is 12.3 Å². The Balaban J connectivity index is 1.91. The molecule has 3 aromatic rings. The molecule has 0 saturated carbocycles. The molecule has 0 aliphatic heterocycles. The molecule has 0 fully saturated rings. The fourth-order valence-electron chi connectivity index (χ4n) is 3.74. The number of carboxylic acids is 1. The minimum atomic E-state index is -4.24. The van der Waals surface area contributed by atoms with Crippen molar-refractivity contribution in [3.05, 3.63) is 65.7 Å². The molecular weight excluding hydrogens is 359 g/mol. The van der Waals surface area contributed by atoms with Crippen molar-refractivity contribution in [1.29, 1.82) is 0 Å². The van der Waals surface area contributed by atoms with Crippen molar-refractivity contribution >= 4 is 5.97 Å². The molecular formula is C20H16F3NO3. The van der Waals surface area contributed by atoms with Crippen molar-refractivity contribution in [3.8, 4) is 16.9 Å². The van der Waals surface area contributed by atoms with Crippen LogP contribution in [-0.2, 0) is 12.8 Å². The highest BCUT2D eigenvalue weighted by atomic mass is 19.4. The minimum absolute atomic E-state index is 0.0188. The molecule has 2 aromatic heterocycles. The summed E-state index contributed by atoms with van der Waals surface area (Å²) in [5.41, 5.74) is 3.09. The number of benzene rings is 1. The van der Waals surface area contributed by atoms with E-state index in [9.17, 15) is 23.1 Å². The average molecular weight is 375 g/mol. The number of alkyl halides is 3. The Bertz CT molecular complexity index is 986. The highest BCUT2D eigenvalue weighted by Gasteiger charge is 2.42. The van der Waals surface area contributed by atoms with Gasteiger partial charge in [-0.3, -0.25) is 0 Å².